The van der Waals surface area contributed by atoms with Crippen LogP contribution in [0.2, 0.25) is 0 Å². The topological polar surface area (TPSA) is 87.5 Å². The van der Waals surface area contributed by atoms with Crippen molar-refractivity contribution in [3.05, 3.63) is 65.6 Å². The molecule has 0 spiro atoms. The van der Waals surface area contributed by atoms with E-state index in [9.17, 15) is 9.59 Å². The molecule has 4 rings (SSSR count). The molecular formula is C19H19N5O2. The molecule has 7 heteroatoms. The fourth-order valence-electron chi connectivity index (χ4n) is 3.13. The lowest BCUT2D eigenvalue weighted by atomic mass is 9.99. The largest absolute Gasteiger partial charge is 0.342 e. The maximum Gasteiger partial charge on any atom is 0.313 e. The number of amides is 2. The second-order valence-electron chi connectivity index (χ2n) is 6.21. The number of carbonyl (C=O) groups is 2. The first kappa shape index (κ1) is 16.3. The molecule has 3 aromatic rings. The first-order valence-corrected chi connectivity index (χ1v) is 8.54. The highest BCUT2D eigenvalue weighted by molar-refractivity contribution is 6.39. The summed E-state index contributed by atoms with van der Waals surface area (Å²) in [4.78, 5) is 28.7. The number of hydrogen-bond donors (Lipinski definition) is 3. The first-order chi connectivity index (χ1) is 12.7. The smallest absolute Gasteiger partial charge is 0.313 e. The van der Waals surface area contributed by atoms with Gasteiger partial charge in [0.2, 0.25) is 0 Å². The van der Waals surface area contributed by atoms with Crippen molar-refractivity contribution in [2.24, 2.45) is 0 Å². The van der Waals surface area contributed by atoms with E-state index in [4.69, 9.17) is 0 Å². The Bertz CT molecular complexity index is 946. The number of hydrogen-bond acceptors (Lipinski definition) is 4. The molecule has 1 aliphatic heterocycles. The summed E-state index contributed by atoms with van der Waals surface area (Å²) >= 11 is 0. The lowest BCUT2D eigenvalue weighted by molar-refractivity contribution is -0.136. The third kappa shape index (κ3) is 3.29. The average Bonchev–Trinajstić information content (AvgIpc) is 3.09. The van der Waals surface area contributed by atoms with Gasteiger partial charge in [-0.3, -0.25) is 9.59 Å². The van der Waals surface area contributed by atoms with Crippen molar-refractivity contribution in [1.82, 2.24) is 20.0 Å². The van der Waals surface area contributed by atoms with Gasteiger partial charge in [-0.2, -0.15) is 0 Å². The van der Waals surface area contributed by atoms with Crippen molar-refractivity contribution in [1.29, 1.82) is 0 Å². The Morgan fingerprint density at radius 2 is 2.08 bits per heavy atom. The van der Waals surface area contributed by atoms with Crippen LogP contribution in [0.5, 0.6) is 0 Å². The fourth-order valence-corrected chi connectivity index (χ4v) is 3.13. The van der Waals surface area contributed by atoms with Crippen molar-refractivity contribution in [2.45, 2.75) is 19.5 Å². The monoisotopic (exact) mass is 349 g/mol. The molecule has 0 unspecified atom stereocenters. The van der Waals surface area contributed by atoms with Gasteiger partial charge in [0.1, 0.15) is 5.65 Å². The minimum Gasteiger partial charge on any atom is -0.342 e. The van der Waals surface area contributed by atoms with Crippen LogP contribution in [0.25, 0.3) is 5.65 Å². The molecule has 0 atom stereocenters. The minimum atomic E-state index is -0.677. The van der Waals surface area contributed by atoms with E-state index in [1.807, 2.05) is 47.1 Å². The predicted molar refractivity (Wildman–Crippen MR) is 97.5 cm³/mol. The zero-order chi connectivity index (χ0) is 17.9. The maximum absolute atomic E-state index is 12.2. The lowest BCUT2D eigenvalue weighted by Crippen LogP contribution is -2.35. The van der Waals surface area contributed by atoms with Crippen LogP contribution < -0.4 is 16.0 Å². The molecule has 2 aromatic heterocycles. The molecule has 7 nitrogen and oxygen atoms in total. The van der Waals surface area contributed by atoms with Gasteiger partial charge in [0, 0.05) is 24.6 Å². The number of imidazole rings is 1. The molecule has 3 N–H and O–H groups in total. The van der Waals surface area contributed by atoms with Gasteiger partial charge < -0.3 is 20.4 Å². The van der Waals surface area contributed by atoms with Crippen LogP contribution in [0.4, 0.5) is 5.69 Å². The summed E-state index contributed by atoms with van der Waals surface area (Å²) in [6.45, 7) is 1.81. The van der Waals surface area contributed by atoms with E-state index in [-0.39, 0.29) is 6.54 Å². The standard InChI is InChI=1S/C19H19N5O2/c25-18(21-10-14-12-24-9-2-1-6-17(24)22-14)19(26)23-16-5-3-4-13-7-8-20-11-15(13)16/h1-6,9,12,20H,7-8,10-11H2,(H,21,25)(H,23,26). The Morgan fingerprint density at radius 3 is 2.96 bits per heavy atom. The second kappa shape index (κ2) is 6.97. The molecule has 3 heterocycles. The molecule has 26 heavy (non-hydrogen) atoms. The SMILES string of the molecule is O=C(NCc1cn2ccccc2n1)C(=O)Nc1cccc2c1CNCC2. The molecule has 0 saturated carbocycles. The normalized spacial score (nSPS) is 13.2. The number of fused-ring (bicyclic) bond motifs is 2. The summed E-state index contributed by atoms with van der Waals surface area (Å²) in [6.07, 6.45) is 4.62. The number of pyridine rings is 1. The minimum absolute atomic E-state index is 0.197. The van der Waals surface area contributed by atoms with Gasteiger partial charge in [-0.05, 0) is 42.3 Å². The zero-order valence-electron chi connectivity index (χ0n) is 14.2. The van der Waals surface area contributed by atoms with Gasteiger partial charge in [0.15, 0.2) is 0 Å². The van der Waals surface area contributed by atoms with E-state index in [2.05, 4.69) is 27.0 Å². The van der Waals surface area contributed by atoms with Crippen LogP contribution in [0.15, 0.2) is 48.8 Å². The number of aromatic nitrogens is 2. The van der Waals surface area contributed by atoms with Crippen molar-refractivity contribution < 1.29 is 9.59 Å². The molecule has 0 saturated heterocycles. The van der Waals surface area contributed by atoms with Crippen LogP contribution in [0.1, 0.15) is 16.8 Å². The van der Waals surface area contributed by atoms with Crippen LogP contribution in [-0.4, -0.2) is 27.7 Å². The van der Waals surface area contributed by atoms with E-state index in [0.29, 0.717) is 17.9 Å². The van der Waals surface area contributed by atoms with Gasteiger partial charge in [0.05, 0.1) is 12.2 Å². The fraction of sp³-hybridized carbons (Fsp3) is 0.211. The molecule has 1 aliphatic rings. The maximum atomic E-state index is 12.2. The highest BCUT2D eigenvalue weighted by atomic mass is 16.2. The van der Waals surface area contributed by atoms with Gasteiger partial charge in [-0.1, -0.05) is 18.2 Å². The van der Waals surface area contributed by atoms with Gasteiger partial charge in [0.25, 0.3) is 0 Å². The number of benzene rings is 1. The van der Waals surface area contributed by atoms with Crippen LogP contribution in [-0.2, 0) is 29.1 Å². The number of carbonyl (C=O) groups excluding carboxylic acids is 2. The van der Waals surface area contributed by atoms with Crippen molar-refractivity contribution in [3.8, 4) is 0 Å². The Kier molecular flexibility index (Phi) is 4.37. The van der Waals surface area contributed by atoms with Gasteiger partial charge >= 0.3 is 11.8 Å². The third-order valence-corrected chi connectivity index (χ3v) is 4.44. The van der Waals surface area contributed by atoms with E-state index in [0.717, 1.165) is 24.2 Å². The number of nitrogens with one attached hydrogen (secondary N) is 3. The van der Waals surface area contributed by atoms with E-state index in [1.54, 1.807) is 0 Å². The van der Waals surface area contributed by atoms with E-state index < -0.39 is 11.8 Å². The molecule has 1 aromatic carbocycles. The van der Waals surface area contributed by atoms with Crippen molar-refractivity contribution in [2.75, 3.05) is 11.9 Å². The summed E-state index contributed by atoms with van der Waals surface area (Å²) in [5.41, 5.74) is 4.41. The van der Waals surface area contributed by atoms with Crippen LogP contribution in [0, 0.1) is 0 Å². The number of anilines is 1. The van der Waals surface area contributed by atoms with Crippen molar-refractivity contribution in [3.63, 3.8) is 0 Å². The quantitative estimate of drug-likeness (QED) is 0.621. The van der Waals surface area contributed by atoms with E-state index >= 15 is 0 Å². The van der Waals surface area contributed by atoms with E-state index in [1.165, 1.54) is 5.56 Å². The van der Waals surface area contributed by atoms with Crippen LogP contribution >= 0.6 is 0 Å². The van der Waals surface area contributed by atoms with Crippen LogP contribution in [0.3, 0.4) is 0 Å². The molecule has 0 radical (unpaired) electrons. The summed E-state index contributed by atoms with van der Waals surface area (Å²) in [7, 11) is 0. The van der Waals surface area contributed by atoms with Gasteiger partial charge in [-0.25, -0.2) is 4.98 Å². The Labute approximate surface area is 150 Å². The Balaban J connectivity index is 1.40. The molecule has 2 amide bonds. The Morgan fingerprint density at radius 1 is 1.15 bits per heavy atom. The predicted octanol–water partition coefficient (Wildman–Crippen LogP) is 1.23. The summed E-state index contributed by atoms with van der Waals surface area (Å²) < 4.78 is 1.87. The average molecular weight is 349 g/mol. The summed E-state index contributed by atoms with van der Waals surface area (Å²) in [5, 5.41) is 8.61. The molecular weight excluding hydrogens is 330 g/mol. The summed E-state index contributed by atoms with van der Waals surface area (Å²) in [6, 6.07) is 11.4. The summed E-state index contributed by atoms with van der Waals surface area (Å²) in [5.74, 6) is -1.35. The highest BCUT2D eigenvalue weighted by Gasteiger charge is 2.18. The third-order valence-electron chi connectivity index (χ3n) is 4.44. The first-order valence-electron chi connectivity index (χ1n) is 8.54. The zero-order valence-corrected chi connectivity index (χ0v) is 14.2. The van der Waals surface area contributed by atoms with Crippen molar-refractivity contribution >= 4 is 23.1 Å². The highest BCUT2D eigenvalue weighted by Crippen LogP contribution is 2.22. The molecule has 0 aliphatic carbocycles. The molecule has 132 valence electrons. The molecule has 0 fully saturated rings. The number of rotatable bonds is 3. The van der Waals surface area contributed by atoms with Gasteiger partial charge in [-0.15, -0.1) is 0 Å². The second-order valence-corrected chi connectivity index (χ2v) is 6.21. The number of nitrogens with zero attached hydrogens (tertiary/aromatic N) is 2. The molecule has 0 bridgehead atoms. The Hall–Kier alpha value is -3.19. The lowest BCUT2D eigenvalue weighted by Gasteiger charge is -2.20.